The second-order valence-electron chi connectivity index (χ2n) is 8.76. The molecule has 6 aromatic rings. The molecule has 0 aliphatic rings. The van der Waals surface area contributed by atoms with Crippen molar-refractivity contribution in [2.45, 2.75) is 0 Å². The zero-order valence-corrected chi connectivity index (χ0v) is 20.3. The lowest BCUT2D eigenvalue weighted by molar-refractivity contribution is 0.101. The minimum Gasteiger partial charge on any atom is -0.320 e. The van der Waals surface area contributed by atoms with Crippen molar-refractivity contribution in [2.75, 3.05) is 10.6 Å². The molecule has 0 saturated carbocycles. The van der Waals surface area contributed by atoms with Crippen LogP contribution < -0.4 is 10.6 Å². The van der Waals surface area contributed by atoms with E-state index in [9.17, 15) is 9.59 Å². The molecule has 2 amide bonds. The van der Waals surface area contributed by atoms with E-state index in [1.807, 2.05) is 72.8 Å². The van der Waals surface area contributed by atoms with Gasteiger partial charge in [0.2, 0.25) is 0 Å². The van der Waals surface area contributed by atoms with Gasteiger partial charge in [0.15, 0.2) is 0 Å². The first-order valence-corrected chi connectivity index (χ1v) is 12.2. The van der Waals surface area contributed by atoms with E-state index in [1.165, 1.54) is 0 Å². The number of carbonyl (C=O) groups excluding carboxylic acids is 2. The van der Waals surface area contributed by atoms with Gasteiger partial charge in [-0.2, -0.15) is 0 Å². The van der Waals surface area contributed by atoms with E-state index < -0.39 is 0 Å². The maximum atomic E-state index is 13.2. The number of rotatable bonds is 5. The Morgan fingerprint density at radius 1 is 0.474 bits per heavy atom. The molecule has 6 heteroatoms. The Morgan fingerprint density at radius 2 is 0.895 bits per heavy atom. The summed E-state index contributed by atoms with van der Waals surface area (Å²) >= 11 is 0. The molecule has 0 aliphatic carbocycles. The average molecular weight is 495 g/mol. The highest BCUT2D eigenvalue weighted by atomic mass is 16.2. The van der Waals surface area contributed by atoms with Gasteiger partial charge in [-0.05, 0) is 57.9 Å². The molecule has 2 aromatic heterocycles. The number of hydrogen-bond donors (Lipinski definition) is 2. The van der Waals surface area contributed by atoms with Gasteiger partial charge in [0.25, 0.3) is 11.8 Å². The van der Waals surface area contributed by atoms with E-state index in [2.05, 4.69) is 20.6 Å². The Bertz CT molecular complexity index is 1670. The zero-order chi connectivity index (χ0) is 25.9. The molecule has 0 spiro atoms. The third kappa shape index (κ3) is 4.35. The molecule has 0 radical (unpaired) electrons. The lowest BCUT2D eigenvalue weighted by atomic mass is 9.91. The fraction of sp³-hybridized carbons (Fsp3) is 0. The monoisotopic (exact) mass is 494 g/mol. The highest BCUT2D eigenvalue weighted by Crippen LogP contribution is 2.43. The maximum absolute atomic E-state index is 13.2. The molecule has 6 rings (SSSR count). The van der Waals surface area contributed by atoms with Crippen molar-refractivity contribution in [1.29, 1.82) is 0 Å². The molecule has 0 aliphatic heterocycles. The van der Waals surface area contributed by atoms with Crippen molar-refractivity contribution < 1.29 is 9.59 Å². The molecule has 0 fully saturated rings. The summed E-state index contributed by atoms with van der Waals surface area (Å²) in [5.74, 6) is -0.636. The molecule has 38 heavy (non-hydrogen) atoms. The van der Waals surface area contributed by atoms with Crippen molar-refractivity contribution in [3.05, 3.63) is 133 Å². The van der Waals surface area contributed by atoms with Crippen molar-refractivity contribution in [3.63, 3.8) is 0 Å². The Balaban J connectivity index is 1.58. The van der Waals surface area contributed by atoms with Crippen molar-refractivity contribution in [1.82, 2.24) is 9.97 Å². The number of benzene rings is 4. The first-order valence-electron chi connectivity index (χ1n) is 12.2. The number of pyridine rings is 2. The fourth-order valence-electron chi connectivity index (χ4n) is 4.66. The van der Waals surface area contributed by atoms with Crippen molar-refractivity contribution >= 4 is 44.7 Å². The maximum Gasteiger partial charge on any atom is 0.274 e. The number of aromatic nitrogens is 2. The number of amides is 2. The van der Waals surface area contributed by atoms with E-state index in [0.29, 0.717) is 22.8 Å². The van der Waals surface area contributed by atoms with E-state index in [-0.39, 0.29) is 11.8 Å². The van der Waals surface area contributed by atoms with E-state index in [1.54, 1.807) is 48.8 Å². The van der Waals surface area contributed by atoms with Crippen LogP contribution in [0.25, 0.3) is 32.7 Å². The molecule has 2 heterocycles. The molecule has 0 saturated heterocycles. The number of nitrogens with one attached hydrogen (secondary N) is 2. The molecule has 0 atom stereocenters. The summed E-state index contributed by atoms with van der Waals surface area (Å²) in [6.45, 7) is 0. The molecule has 182 valence electrons. The van der Waals surface area contributed by atoms with Gasteiger partial charge in [-0.1, -0.05) is 72.8 Å². The van der Waals surface area contributed by atoms with Crippen LogP contribution in [0.3, 0.4) is 0 Å². The predicted octanol–water partition coefficient (Wildman–Crippen LogP) is 6.95. The Hall–Kier alpha value is -5.36. The smallest absolute Gasteiger partial charge is 0.274 e. The van der Waals surface area contributed by atoms with Gasteiger partial charge in [0.1, 0.15) is 11.4 Å². The van der Waals surface area contributed by atoms with E-state index >= 15 is 0 Å². The van der Waals surface area contributed by atoms with Crippen LogP contribution in [0.2, 0.25) is 0 Å². The first-order chi connectivity index (χ1) is 18.7. The SMILES string of the molecule is O=C(Nc1ccc2ccccc2c1-c1c(NC(=O)c2ccccn2)ccc2ccccc12)c1ccccn1. The zero-order valence-electron chi connectivity index (χ0n) is 20.3. The summed E-state index contributed by atoms with van der Waals surface area (Å²) in [6, 6.07) is 34.2. The van der Waals surface area contributed by atoms with Crippen LogP contribution in [0.5, 0.6) is 0 Å². The third-order valence-corrected chi connectivity index (χ3v) is 6.40. The molecule has 4 aromatic carbocycles. The summed E-state index contributed by atoms with van der Waals surface area (Å²) in [5, 5.41) is 10.0. The van der Waals surface area contributed by atoms with Gasteiger partial charge >= 0.3 is 0 Å². The van der Waals surface area contributed by atoms with Gasteiger partial charge < -0.3 is 10.6 Å². The van der Waals surface area contributed by atoms with Gasteiger partial charge in [-0.15, -0.1) is 0 Å². The second-order valence-corrected chi connectivity index (χ2v) is 8.76. The van der Waals surface area contributed by atoms with Crippen LogP contribution in [0.15, 0.2) is 122 Å². The number of hydrogen-bond acceptors (Lipinski definition) is 4. The lowest BCUT2D eigenvalue weighted by Crippen LogP contribution is -2.16. The topological polar surface area (TPSA) is 84.0 Å². The summed E-state index contributed by atoms with van der Waals surface area (Å²) in [7, 11) is 0. The number of fused-ring (bicyclic) bond motifs is 2. The number of anilines is 2. The number of carbonyl (C=O) groups is 2. The molecule has 0 bridgehead atoms. The van der Waals surface area contributed by atoms with Gasteiger partial charge in [0, 0.05) is 34.9 Å². The van der Waals surface area contributed by atoms with Gasteiger partial charge in [0.05, 0.1) is 0 Å². The summed E-state index contributed by atoms with van der Waals surface area (Å²) in [5.41, 5.74) is 3.47. The van der Waals surface area contributed by atoms with Crippen LogP contribution in [-0.4, -0.2) is 21.8 Å². The molecule has 0 unspecified atom stereocenters. The minimum absolute atomic E-state index is 0.313. The highest BCUT2D eigenvalue weighted by molar-refractivity contribution is 6.18. The third-order valence-electron chi connectivity index (χ3n) is 6.40. The Labute approximate surface area is 219 Å². The van der Waals surface area contributed by atoms with Gasteiger partial charge in [-0.3, -0.25) is 19.6 Å². The number of nitrogens with zero attached hydrogens (tertiary/aromatic N) is 2. The van der Waals surface area contributed by atoms with Crippen LogP contribution in [-0.2, 0) is 0 Å². The minimum atomic E-state index is -0.318. The van der Waals surface area contributed by atoms with Crippen LogP contribution >= 0.6 is 0 Å². The van der Waals surface area contributed by atoms with E-state index in [4.69, 9.17) is 0 Å². The average Bonchev–Trinajstić information content (AvgIpc) is 2.98. The predicted molar refractivity (Wildman–Crippen MR) is 151 cm³/mol. The van der Waals surface area contributed by atoms with Gasteiger partial charge in [-0.25, -0.2) is 0 Å². The molecular formula is C32H22N4O2. The van der Waals surface area contributed by atoms with Crippen molar-refractivity contribution in [3.8, 4) is 11.1 Å². The van der Waals surface area contributed by atoms with Crippen LogP contribution in [0.4, 0.5) is 11.4 Å². The molecule has 6 nitrogen and oxygen atoms in total. The quantitative estimate of drug-likeness (QED) is 0.271. The molecule has 2 N–H and O–H groups in total. The molecular weight excluding hydrogens is 472 g/mol. The standard InChI is InChI=1S/C32H22N4O2/c37-31(27-13-5-7-19-33-27)35-25-17-15-21-9-1-3-11-23(21)29(25)30-24-12-4-2-10-22(24)16-18-26(30)36-32(38)28-14-6-8-20-34-28/h1-20H,(H,35,37)(H,36,38). The Kier molecular flexibility index (Phi) is 6.04. The lowest BCUT2D eigenvalue weighted by Gasteiger charge is -2.20. The first kappa shape index (κ1) is 23.1. The normalized spacial score (nSPS) is 10.8. The highest BCUT2D eigenvalue weighted by Gasteiger charge is 2.20. The second kappa shape index (κ2) is 9.95. The van der Waals surface area contributed by atoms with E-state index in [0.717, 1.165) is 32.7 Å². The largest absolute Gasteiger partial charge is 0.320 e. The van der Waals surface area contributed by atoms with Crippen LogP contribution in [0, 0.1) is 0 Å². The van der Waals surface area contributed by atoms with Crippen LogP contribution in [0.1, 0.15) is 21.0 Å². The summed E-state index contributed by atoms with van der Waals surface area (Å²) in [6.07, 6.45) is 3.18. The van der Waals surface area contributed by atoms with Crippen molar-refractivity contribution in [2.24, 2.45) is 0 Å². The summed E-state index contributed by atoms with van der Waals surface area (Å²) in [4.78, 5) is 34.8. The summed E-state index contributed by atoms with van der Waals surface area (Å²) < 4.78 is 0. The fourth-order valence-corrected chi connectivity index (χ4v) is 4.66. The Morgan fingerprint density at radius 3 is 1.32 bits per heavy atom.